The molecular weight excluding hydrogens is 613 g/mol. The van der Waals surface area contributed by atoms with Crippen molar-refractivity contribution in [1.29, 1.82) is 0 Å². The lowest BCUT2D eigenvalue weighted by molar-refractivity contribution is 0.472. The van der Waals surface area contributed by atoms with Gasteiger partial charge in [-0.2, -0.15) is 0 Å². The molecule has 50 heavy (non-hydrogen) atoms. The topological polar surface area (TPSA) is 44.2 Å². The summed E-state index contributed by atoms with van der Waals surface area (Å²) in [7, 11) is 0. The van der Waals surface area contributed by atoms with Crippen molar-refractivity contribution in [2.24, 2.45) is 0 Å². The molecule has 2 aliphatic carbocycles. The summed E-state index contributed by atoms with van der Waals surface area (Å²) in [6, 6.07) is 37.7. The molecular formula is C46H34N2O2. The quantitative estimate of drug-likeness (QED) is 0.191. The number of rotatable bonds is 4. The number of hydrogen-bond acceptors (Lipinski definition) is 4. The van der Waals surface area contributed by atoms with E-state index in [1.807, 2.05) is 48.8 Å². The Hall–Kier alpha value is -6.26. The first-order valence-corrected chi connectivity index (χ1v) is 17.3. The molecule has 1 aliphatic heterocycles. The van der Waals surface area contributed by atoms with Gasteiger partial charge in [0, 0.05) is 45.8 Å². The van der Waals surface area contributed by atoms with Gasteiger partial charge in [0.25, 0.3) is 0 Å². The molecule has 0 radical (unpaired) electrons. The fourth-order valence-electron chi connectivity index (χ4n) is 6.99. The van der Waals surface area contributed by atoms with Crippen LogP contribution in [0.25, 0.3) is 55.9 Å². The minimum absolute atomic E-state index is 0.723. The SMILES string of the molecule is C1=CCCC(c2ccc3c(c2)Oc2cc(C4=CCCC=C4)ccc2-c2ccc(-c4ccccn4)cc2Oc2cc(-c4ccccn4)ccc2-3)=C1. The van der Waals surface area contributed by atoms with Crippen molar-refractivity contribution in [3.05, 3.63) is 169 Å². The van der Waals surface area contributed by atoms with E-state index in [0.29, 0.717) is 0 Å². The lowest BCUT2D eigenvalue weighted by atomic mass is 9.92. The smallest absolute Gasteiger partial charge is 0.136 e. The Balaban J connectivity index is 1.29. The highest BCUT2D eigenvalue weighted by molar-refractivity contribution is 5.87. The summed E-state index contributed by atoms with van der Waals surface area (Å²) in [4.78, 5) is 9.29. The van der Waals surface area contributed by atoms with E-state index in [4.69, 9.17) is 9.47 Å². The third kappa shape index (κ3) is 5.75. The first-order chi connectivity index (χ1) is 24.8. The van der Waals surface area contributed by atoms with Crippen molar-refractivity contribution in [3.63, 3.8) is 0 Å². The molecule has 4 heteroatoms. The Morgan fingerprint density at radius 2 is 1.02 bits per heavy atom. The lowest BCUT2D eigenvalue weighted by Gasteiger charge is -2.23. The minimum Gasteiger partial charge on any atom is -0.456 e. The Morgan fingerprint density at radius 1 is 0.480 bits per heavy atom. The van der Waals surface area contributed by atoms with Gasteiger partial charge >= 0.3 is 0 Å². The molecule has 3 heterocycles. The van der Waals surface area contributed by atoms with Crippen molar-refractivity contribution in [3.8, 4) is 67.8 Å². The highest BCUT2D eigenvalue weighted by Crippen LogP contribution is 2.49. The largest absolute Gasteiger partial charge is 0.456 e. The molecule has 3 aliphatic rings. The van der Waals surface area contributed by atoms with Crippen molar-refractivity contribution < 1.29 is 9.47 Å². The average Bonchev–Trinajstić information content (AvgIpc) is 3.19. The zero-order chi connectivity index (χ0) is 33.3. The number of fused-ring (bicyclic) bond motifs is 6. The van der Waals surface area contributed by atoms with Crippen LogP contribution in [0.4, 0.5) is 0 Å². The van der Waals surface area contributed by atoms with Gasteiger partial charge < -0.3 is 9.47 Å². The van der Waals surface area contributed by atoms with Gasteiger partial charge in [-0.15, -0.1) is 0 Å². The van der Waals surface area contributed by atoms with Gasteiger partial charge in [0.15, 0.2) is 0 Å². The standard InChI is InChI=1S/C46H34N2O2/c1-3-11-31(12-4-1)33-17-21-37-39-23-19-35(41-15-7-9-25-47-41)29-45(39)50-46-30-36(42-16-8-10-26-48-42)20-24-40(46)38-22-18-34(32-13-5-2-6-14-32)28-44(38)49-43(37)27-33/h1,3,5,7-11,13-30H,2,4,6,12H2. The van der Waals surface area contributed by atoms with Gasteiger partial charge in [0.2, 0.25) is 0 Å². The average molecular weight is 647 g/mol. The molecule has 0 atom stereocenters. The third-order valence-electron chi connectivity index (χ3n) is 9.58. The molecule has 0 spiro atoms. The molecule has 6 aromatic rings. The van der Waals surface area contributed by atoms with Crippen molar-refractivity contribution in [2.75, 3.05) is 0 Å². The van der Waals surface area contributed by atoms with E-state index >= 15 is 0 Å². The van der Waals surface area contributed by atoms with E-state index in [0.717, 1.165) is 105 Å². The van der Waals surface area contributed by atoms with E-state index < -0.39 is 0 Å². The zero-order valence-electron chi connectivity index (χ0n) is 27.6. The van der Waals surface area contributed by atoms with Crippen molar-refractivity contribution in [1.82, 2.24) is 9.97 Å². The Labute approximate surface area is 292 Å². The van der Waals surface area contributed by atoms with Crippen LogP contribution in [-0.2, 0) is 0 Å². The van der Waals surface area contributed by atoms with Gasteiger partial charge in [-0.25, -0.2) is 0 Å². The van der Waals surface area contributed by atoms with Gasteiger partial charge in [0.1, 0.15) is 23.0 Å². The van der Waals surface area contributed by atoms with Gasteiger partial charge in [-0.05, 0) is 121 Å². The molecule has 0 amide bonds. The maximum absolute atomic E-state index is 7.15. The molecule has 240 valence electrons. The monoisotopic (exact) mass is 646 g/mol. The molecule has 0 fully saturated rings. The van der Waals surface area contributed by atoms with Crippen LogP contribution in [0.3, 0.4) is 0 Å². The number of benzene rings is 4. The van der Waals surface area contributed by atoms with Crippen LogP contribution >= 0.6 is 0 Å². The zero-order valence-corrected chi connectivity index (χ0v) is 27.6. The number of nitrogens with zero attached hydrogens (tertiary/aromatic N) is 2. The van der Waals surface area contributed by atoms with E-state index in [1.165, 1.54) is 11.1 Å². The number of aromatic nitrogens is 2. The molecule has 0 unspecified atom stereocenters. The Kier molecular flexibility index (Phi) is 7.75. The highest BCUT2D eigenvalue weighted by Gasteiger charge is 2.23. The molecule has 0 saturated carbocycles. The molecule has 0 saturated heterocycles. The number of pyridine rings is 2. The molecule has 4 nitrogen and oxygen atoms in total. The van der Waals surface area contributed by atoms with Crippen LogP contribution < -0.4 is 9.47 Å². The van der Waals surface area contributed by atoms with E-state index in [-0.39, 0.29) is 0 Å². The van der Waals surface area contributed by atoms with E-state index in [9.17, 15) is 0 Å². The molecule has 0 N–H and O–H groups in total. The second-order valence-electron chi connectivity index (χ2n) is 12.8. The summed E-state index contributed by atoms with van der Waals surface area (Å²) in [5.41, 5.74) is 12.3. The van der Waals surface area contributed by atoms with E-state index in [1.54, 1.807) is 0 Å². The van der Waals surface area contributed by atoms with Crippen LogP contribution in [0.1, 0.15) is 36.8 Å². The predicted octanol–water partition coefficient (Wildman–Crippen LogP) is 12.5. The summed E-state index contributed by atoms with van der Waals surface area (Å²) >= 11 is 0. The fourth-order valence-corrected chi connectivity index (χ4v) is 6.99. The Bertz CT molecular complexity index is 2370. The second kappa shape index (κ2) is 13.0. The lowest BCUT2D eigenvalue weighted by Crippen LogP contribution is -2.00. The molecule has 4 aromatic carbocycles. The summed E-state index contributed by atoms with van der Waals surface area (Å²) in [6.07, 6.45) is 21.1. The van der Waals surface area contributed by atoms with Crippen LogP contribution in [0.2, 0.25) is 0 Å². The molecule has 2 aromatic heterocycles. The summed E-state index contributed by atoms with van der Waals surface area (Å²) in [6.45, 7) is 0. The van der Waals surface area contributed by atoms with Gasteiger partial charge in [-0.1, -0.05) is 72.9 Å². The first kappa shape index (κ1) is 29.8. The van der Waals surface area contributed by atoms with Crippen molar-refractivity contribution >= 4 is 11.1 Å². The fraction of sp³-hybridized carbons (Fsp3) is 0.0870. The molecule has 0 bridgehead atoms. The minimum atomic E-state index is 0.723. The summed E-state index contributed by atoms with van der Waals surface area (Å²) in [5, 5.41) is 0. The van der Waals surface area contributed by atoms with Crippen molar-refractivity contribution in [2.45, 2.75) is 25.7 Å². The van der Waals surface area contributed by atoms with Gasteiger partial charge in [-0.3, -0.25) is 9.97 Å². The summed E-state index contributed by atoms with van der Waals surface area (Å²) in [5.74, 6) is 3.01. The van der Waals surface area contributed by atoms with Crippen LogP contribution in [0.5, 0.6) is 23.0 Å². The normalized spacial score (nSPS) is 14.5. The number of ether oxygens (including phenoxy) is 2. The third-order valence-corrected chi connectivity index (χ3v) is 9.58. The van der Waals surface area contributed by atoms with Gasteiger partial charge in [0.05, 0.1) is 11.4 Å². The van der Waals surface area contributed by atoms with Crippen LogP contribution in [0, 0.1) is 0 Å². The first-order valence-electron chi connectivity index (χ1n) is 17.3. The van der Waals surface area contributed by atoms with E-state index in [2.05, 4.69) is 119 Å². The maximum atomic E-state index is 7.15. The number of allylic oxidation sites excluding steroid dienone is 8. The van der Waals surface area contributed by atoms with Crippen LogP contribution in [0.15, 0.2) is 158 Å². The highest BCUT2D eigenvalue weighted by atomic mass is 16.5. The molecule has 9 rings (SSSR count). The van der Waals surface area contributed by atoms with Crippen LogP contribution in [-0.4, -0.2) is 9.97 Å². The maximum Gasteiger partial charge on any atom is 0.136 e. The Morgan fingerprint density at radius 3 is 1.52 bits per heavy atom. The second-order valence-corrected chi connectivity index (χ2v) is 12.8. The predicted molar refractivity (Wildman–Crippen MR) is 203 cm³/mol. The summed E-state index contributed by atoms with van der Waals surface area (Å²) < 4.78 is 14.2. The number of hydrogen-bond donors (Lipinski definition) is 0.